The summed E-state index contributed by atoms with van der Waals surface area (Å²) in [6.45, 7) is 0. The quantitative estimate of drug-likeness (QED) is 0.529. The Balaban J connectivity index is 1.77. The van der Waals surface area contributed by atoms with Gasteiger partial charge in [-0.25, -0.2) is 4.98 Å². The van der Waals surface area contributed by atoms with Crippen molar-refractivity contribution in [2.24, 2.45) is 0 Å². The largest absolute Gasteiger partial charge is 0.453 e. The number of fused-ring (bicyclic) bond motifs is 2. The van der Waals surface area contributed by atoms with Crippen molar-refractivity contribution in [1.82, 2.24) is 10.0 Å². The predicted molar refractivity (Wildman–Crippen MR) is 78.6 cm³/mol. The summed E-state index contributed by atoms with van der Waals surface area (Å²) in [6, 6.07) is 9.13. The van der Waals surface area contributed by atoms with Crippen molar-refractivity contribution >= 4 is 22.9 Å². The van der Waals surface area contributed by atoms with Crippen LogP contribution in [0.5, 0.6) is 5.75 Å². The summed E-state index contributed by atoms with van der Waals surface area (Å²) in [5, 5.41) is 0.755. The van der Waals surface area contributed by atoms with Gasteiger partial charge in [0.2, 0.25) is 0 Å². The van der Waals surface area contributed by atoms with Gasteiger partial charge >= 0.3 is 0 Å². The van der Waals surface area contributed by atoms with E-state index in [-0.39, 0.29) is 35.8 Å². The minimum absolute atomic E-state index is 0.148. The lowest BCUT2D eigenvalue weighted by atomic mass is 10.2. The monoisotopic (exact) mass is 310 g/mol. The average molecular weight is 310 g/mol. The highest BCUT2D eigenvalue weighted by molar-refractivity contribution is 6.00. The number of aromatic nitrogens is 1. The van der Waals surface area contributed by atoms with Gasteiger partial charge in [0.25, 0.3) is 11.8 Å². The second kappa shape index (κ2) is 4.91. The maximum absolute atomic E-state index is 11.6. The highest BCUT2D eigenvalue weighted by atomic mass is 16.7. The van der Waals surface area contributed by atoms with Crippen LogP contribution in [0, 0.1) is 0 Å². The van der Waals surface area contributed by atoms with E-state index in [9.17, 15) is 14.4 Å². The summed E-state index contributed by atoms with van der Waals surface area (Å²) in [7, 11) is 0. The van der Waals surface area contributed by atoms with Gasteiger partial charge in [0, 0.05) is 25.0 Å². The van der Waals surface area contributed by atoms with E-state index >= 15 is 0 Å². The van der Waals surface area contributed by atoms with Crippen LogP contribution in [0.3, 0.4) is 0 Å². The molecular weight excluding hydrogens is 300 g/mol. The Morgan fingerprint density at radius 3 is 2.57 bits per heavy atom. The van der Waals surface area contributed by atoms with Crippen LogP contribution in [0.1, 0.15) is 12.8 Å². The van der Waals surface area contributed by atoms with Crippen molar-refractivity contribution in [1.29, 1.82) is 0 Å². The number of carbonyl (C=O) groups is 2. The van der Waals surface area contributed by atoms with Crippen molar-refractivity contribution in [2.45, 2.75) is 12.8 Å². The number of amides is 2. The molecule has 0 aromatic heterocycles. The summed E-state index contributed by atoms with van der Waals surface area (Å²) < 4.78 is 5.65. The van der Waals surface area contributed by atoms with Crippen LogP contribution in [0.25, 0.3) is 22.6 Å². The van der Waals surface area contributed by atoms with Gasteiger partial charge in [-0.2, -0.15) is 0 Å². The summed E-state index contributed by atoms with van der Waals surface area (Å²) >= 11 is 0. The van der Waals surface area contributed by atoms with E-state index in [2.05, 4.69) is 4.98 Å². The smallest absolute Gasteiger partial charge is 0.263 e. The zero-order chi connectivity index (χ0) is 16.0. The Labute approximate surface area is 129 Å². The SMILES string of the molecule is O=C1CCC(=O)N1Oc1ccc2nc3ccc(=O)cc-3oc2c1. The molecule has 2 aliphatic heterocycles. The van der Waals surface area contributed by atoms with E-state index < -0.39 is 0 Å². The Kier molecular flexibility index (Phi) is 2.87. The Hall–Kier alpha value is -3.22. The second-order valence-corrected chi connectivity index (χ2v) is 5.15. The maximum Gasteiger partial charge on any atom is 0.263 e. The fourth-order valence-electron chi connectivity index (χ4n) is 2.41. The minimum Gasteiger partial charge on any atom is -0.453 e. The van der Waals surface area contributed by atoms with Gasteiger partial charge in [-0.05, 0) is 24.3 Å². The van der Waals surface area contributed by atoms with Crippen LogP contribution in [0.2, 0.25) is 0 Å². The number of hydrogen-bond donors (Lipinski definition) is 0. The Morgan fingerprint density at radius 1 is 1.00 bits per heavy atom. The van der Waals surface area contributed by atoms with Crippen molar-refractivity contribution in [3.05, 3.63) is 46.6 Å². The Bertz CT molecular complexity index is 962. The van der Waals surface area contributed by atoms with Gasteiger partial charge in [-0.1, -0.05) is 0 Å². The zero-order valence-electron chi connectivity index (χ0n) is 11.8. The Morgan fingerprint density at radius 2 is 1.78 bits per heavy atom. The van der Waals surface area contributed by atoms with Crippen LogP contribution in [-0.2, 0) is 9.59 Å². The second-order valence-electron chi connectivity index (χ2n) is 5.15. The van der Waals surface area contributed by atoms with Crippen molar-refractivity contribution < 1.29 is 18.8 Å². The topological polar surface area (TPSA) is 89.7 Å². The van der Waals surface area contributed by atoms with E-state index in [0.29, 0.717) is 22.6 Å². The minimum atomic E-state index is -0.375. The van der Waals surface area contributed by atoms with Crippen molar-refractivity contribution in [3.8, 4) is 17.2 Å². The van der Waals surface area contributed by atoms with Crippen molar-refractivity contribution in [3.63, 3.8) is 0 Å². The number of imide groups is 1. The molecule has 0 atom stereocenters. The molecule has 1 fully saturated rings. The zero-order valence-corrected chi connectivity index (χ0v) is 11.8. The third-order valence-electron chi connectivity index (χ3n) is 3.53. The number of benzene rings is 2. The van der Waals surface area contributed by atoms with Crippen LogP contribution >= 0.6 is 0 Å². The standard InChI is InChI=1S/C16H10N2O5/c19-9-1-3-11-13(7-9)22-14-8-10(2-4-12(14)17-11)23-18-15(20)5-6-16(18)21/h1-4,7-8H,5-6H2. The van der Waals surface area contributed by atoms with E-state index in [4.69, 9.17) is 9.25 Å². The molecule has 1 saturated heterocycles. The first-order chi connectivity index (χ1) is 11.1. The van der Waals surface area contributed by atoms with Crippen LogP contribution in [0.4, 0.5) is 0 Å². The number of hydroxylamine groups is 2. The van der Waals surface area contributed by atoms with Crippen LogP contribution in [-0.4, -0.2) is 21.9 Å². The molecule has 2 heterocycles. The molecule has 0 bridgehead atoms. The number of carbonyl (C=O) groups excluding carboxylic acids is 2. The third-order valence-corrected chi connectivity index (χ3v) is 3.53. The van der Waals surface area contributed by atoms with Gasteiger partial charge < -0.3 is 9.25 Å². The molecule has 0 spiro atoms. The van der Waals surface area contributed by atoms with Crippen LogP contribution in [0.15, 0.2) is 45.6 Å². The van der Waals surface area contributed by atoms with Gasteiger partial charge in [0.15, 0.2) is 22.5 Å². The third kappa shape index (κ3) is 2.32. The maximum atomic E-state index is 11.6. The molecule has 4 rings (SSSR count). The van der Waals surface area contributed by atoms with E-state index in [0.717, 1.165) is 5.06 Å². The summed E-state index contributed by atoms with van der Waals surface area (Å²) in [4.78, 5) is 44.3. The summed E-state index contributed by atoms with van der Waals surface area (Å²) in [6.07, 6.45) is 0.296. The molecule has 2 amide bonds. The molecule has 7 nitrogen and oxygen atoms in total. The number of hydrogen-bond acceptors (Lipinski definition) is 6. The van der Waals surface area contributed by atoms with E-state index in [1.165, 1.54) is 18.2 Å². The molecule has 3 aliphatic rings. The summed E-state index contributed by atoms with van der Waals surface area (Å²) in [5.74, 6) is -0.112. The molecule has 0 unspecified atom stereocenters. The number of rotatable bonds is 2. The molecular formula is C16H10N2O5. The first-order valence-corrected chi connectivity index (χ1v) is 6.98. The molecule has 23 heavy (non-hydrogen) atoms. The molecule has 1 aliphatic carbocycles. The van der Waals surface area contributed by atoms with Crippen molar-refractivity contribution in [2.75, 3.05) is 0 Å². The van der Waals surface area contributed by atoms with Gasteiger partial charge in [0.05, 0.1) is 0 Å². The lowest BCUT2D eigenvalue weighted by Gasteiger charge is -2.14. The predicted octanol–water partition coefficient (Wildman–Crippen LogP) is 1.74. The molecule has 7 heteroatoms. The fraction of sp³-hybridized carbons (Fsp3) is 0.125. The molecule has 0 N–H and O–H groups in total. The average Bonchev–Trinajstić information content (AvgIpc) is 2.85. The molecule has 114 valence electrons. The molecule has 1 aromatic carbocycles. The first kappa shape index (κ1) is 13.4. The molecule has 0 saturated carbocycles. The highest BCUT2D eigenvalue weighted by Gasteiger charge is 2.31. The lowest BCUT2D eigenvalue weighted by Crippen LogP contribution is -2.32. The molecule has 0 radical (unpaired) electrons. The van der Waals surface area contributed by atoms with Gasteiger partial charge in [0.1, 0.15) is 11.2 Å². The summed E-state index contributed by atoms with van der Waals surface area (Å²) in [5.41, 5.74) is 1.35. The number of nitrogens with zero attached hydrogens (tertiary/aromatic N) is 2. The normalized spacial score (nSPS) is 14.9. The lowest BCUT2D eigenvalue weighted by molar-refractivity contribution is -0.164. The van der Waals surface area contributed by atoms with Crippen LogP contribution < -0.4 is 10.3 Å². The van der Waals surface area contributed by atoms with Gasteiger partial charge in [-0.15, -0.1) is 5.06 Å². The first-order valence-electron chi connectivity index (χ1n) is 6.98. The van der Waals surface area contributed by atoms with E-state index in [1.54, 1.807) is 18.2 Å². The molecule has 1 aromatic rings. The van der Waals surface area contributed by atoms with E-state index in [1.807, 2.05) is 0 Å². The fourth-order valence-corrected chi connectivity index (χ4v) is 2.41. The van der Waals surface area contributed by atoms with Gasteiger partial charge in [-0.3, -0.25) is 14.4 Å². The highest BCUT2D eigenvalue weighted by Crippen LogP contribution is 2.27.